The Hall–Kier alpha value is 1.11. The fourth-order valence-electron chi connectivity index (χ4n) is 7.68. The molecule has 1 radical (unpaired) electrons. The van der Waals surface area contributed by atoms with E-state index in [1.54, 1.807) is 13.3 Å². The van der Waals surface area contributed by atoms with Gasteiger partial charge in [0.2, 0.25) is 0 Å². The average molecular weight is 937 g/mol. The molecule has 343 valence electrons. The Kier molecular flexibility index (Phi) is 74.3. The van der Waals surface area contributed by atoms with Crippen molar-refractivity contribution in [2.24, 2.45) is 0 Å². The molecule has 0 saturated heterocycles. The van der Waals surface area contributed by atoms with E-state index >= 15 is 0 Å². The largest absolute Gasteiger partial charge is 0.412 e. The molecule has 56 heavy (non-hydrogen) atoms. The molecule has 0 aliphatic heterocycles. The van der Waals surface area contributed by atoms with Gasteiger partial charge in [0.15, 0.2) is 0 Å². The zero-order chi connectivity index (χ0) is 40.8. The number of hydrogen-bond donors (Lipinski definition) is 2. The number of aliphatic hydroxyl groups is 2. The molecule has 0 rings (SSSR count). The van der Waals surface area contributed by atoms with Gasteiger partial charge >= 0.3 is 92.4 Å². The molecule has 0 atom stereocenters. The monoisotopic (exact) mass is 938 g/mol. The standard InChI is InChI=1S/2C19H42OSi.3C4H9.H2O.Sn/c2*1-2-3-4-5-6-7-8-9-10-11-12-13-14-15-16-17-18-21-19-20;3*1-3-4-2;;/h2*20H,2-19,21H2,1H3;3*1,3-4H2,2H3;1H2;. The summed E-state index contributed by atoms with van der Waals surface area (Å²) in [6.07, 6.45) is 56.1. The molecule has 0 saturated carbocycles. The molecule has 0 bridgehead atoms. The Labute approximate surface area is 368 Å². The molecule has 0 unspecified atom stereocenters. The van der Waals surface area contributed by atoms with Crippen molar-refractivity contribution in [3.05, 3.63) is 0 Å². The van der Waals surface area contributed by atoms with Crippen molar-refractivity contribution in [1.82, 2.24) is 0 Å². The molecular formula is C50H113O3Si2Sn. The SMILES string of the molecule is CCCCCCCCCCCCCCCCCC[SiH2]CO.CCCCCCCCCCCCCCCCCC[SiH2]CO.CCC[CH2][Sn]([CH2]CCC)[CH2]CCC.O. The van der Waals surface area contributed by atoms with Gasteiger partial charge in [-0.2, -0.15) is 0 Å². The van der Waals surface area contributed by atoms with Gasteiger partial charge in [0.1, 0.15) is 0 Å². The second-order valence-electron chi connectivity index (χ2n) is 17.5. The van der Waals surface area contributed by atoms with Gasteiger partial charge in [0.05, 0.1) is 19.0 Å². The van der Waals surface area contributed by atoms with Crippen molar-refractivity contribution in [2.45, 2.75) is 304 Å². The molecular weight excluding hydrogens is 823 g/mol. The molecule has 0 aromatic rings. The van der Waals surface area contributed by atoms with Crippen LogP contribution in [0.25, 0.3) is 0 Å². The molecule has 0 heterocycles. The second-order valence-corrected chi connectivity index (χ2v) is 29.8. The number of aliphatic hydroxyl groups excluding tert-OH is 2. The van der Waals surface area contributed by atoms with Crippen molar-refractivity contribution in [3.63, 3.8) is 0 Å². The average Bonchev–Trinajstić information content (AvgIpc) is 3.20. The van der Waals surface area contributed by atoms with E-state index in [2.05, 4.69) is 34.6 Å². The minimum atomic E-state index is -0.839. The molecule has 0 aromatic heterocycles. The van der Waals surface area contributed by atoms with Gasteiger partial charge in [0.25, 0.3) is 0 Å². The van der Waals surface area contributed by atoms with E-state index in [4.69, 9.17) is 10.2 Å². The maximum absolute atomic E-state index is 8.75. The summed E-state index contributed by atoms with van der Waals surface area (Å²) in [6.45, 7) is 11.6. The minimum absolute atomic E-state index is 0. The van der Waals surface area contributed by atoms with Crippen LogP contribution in [0.1, 0.15) is 279 Å². The van der Waals surface area contributed by atoms with E-state index in [0.29, 0.717) is 12.5 Å². The molecule has 0 fully saturated rings. The van der Waals surface area contributed by atoms with Gasteiger partial charge < -0.3 is 15.7 Å². The Morgan fingerprint density at radius 3 is 0.625 bits per heavy atom. The fourth-order valence-corrected chi connectivity index (χ4v) is 19.0. The van der Waals surface area contributed by atoms with Gasteiger partial charge in [-0.05, 0) is 0 Å². The van der Waals surface area contributed by atoms with Crippen LogP contribution in [0.5, 0.6) is 0 Å². The van der Waals surface area contributed by atoms with E-state index in [0.717, 1.165) is 0 Å². The molecule has 0 spiro atoms. The second kappa shape index (κ2) is 65.2. The third kappa shape index (κ3) is 66.9. The molecule has 3 nitrogen and oxygen atoms in total. The van der Waals surface area contributed by atoms with Crippen LogP contribution in [0, 0.1) is 0 Å². The summed E-state index contributed by atoms with van der Waals surface area (Å²) in [5.74, 6) is 0. The van der Waals surface area contributed by atoms with E-state index in [1.165, 1.54) is 256 Å². The van der Waals surface area contributed by atoms with E-state index in [1.807, 2.05) is 0 Å². The van der Waals surface area contributed by atoms with Crippen molar-refractivity contribution >= 4 is 38.8 Å². The Morgan fingerprint density at radius 1 is 0.268 bits per heavy atom. The first-order valence-corrected chi connectivity index (χ1v) is 36.3. The van der Waals surface area contributed by atoms with Crippen LogP contribution in [0.15, 0.2) is 0 Å². The van der Waals surface area contributed by atoms with Gasteiger partial charge in [-0.25, -0.2) is 0 Å². The van der Waals surface area contributed by atoms with E-state index < -0.39 is 19.8 Å². The Balaban J connectivity index is -0.000000370. The summed E-state index contributed by atoms with van der Waals surface area (Å²) >= 11 is -0.839. The van der Waals surface area contributed by atoms with Crippen LogP contribution in [0.2, 0.25) is 25.4 Å². The zero-order valence-electron chi connectivity index (χ0n) is 40.1. The maximum atomic E-state index is 8.75. The van der Waals surface area contributed by atoms with Crippen LogP contribution >= 0.6 is 0 Å². The Bertz CT molecular complexity index is 508. The summed E-state index contributed by atoms with van der Waals surface area (Å²) in [5, 5.41) is 17.5. The number of hydrogen-bond acceptors (Lipinski definition) is 2. The number of rotatable bonds is 45. The molecule has 0 aliphatic rings. The van der Waals surface area contributed by atoms with Gasteiger partial charge in [-0.15, -0.1) is 0 Å². The van der Waals surface area contributed by atoms with Crippen LogP contribution in [0.3, 0.4) is 0 Å². The number of unbranched alkanes of at least 4 members (excludes halogenated alkanes) is 33. The van der Waals surface area contributed by atoms with E-state index in [9.17, 15) is 0 Å². The molecule has 6 heteroatoms. The summed E-state index contributed by atoms with van der Waals surface area (Å²) < 4.78 is 5.04. The van der Waals surface area contributed by atoms with Crippen LogP contribution in [0.4, 0.5) is 0 Å². The van der Waals surface area contributed by atoms with Crippen molar-refractivity contribution in [1.29, 1.82) is 0 Å². The summed E-state index contributed by atoms with van der Waals surface area (Å²) in [7, 11) is -0.175. The van der Waals surface area contributed by atoms with Crippen molar-refractivity contribution in [3.8, 4) is 0 Å². The van der Waals surface area contributed by atoms with E-state index in [-0.39, 0.29) is 24.5 Å². The van der Waals surface area contributed by atoms with Crippen LogP contribution in [-0.2, 0) is 0 Å². The maximum Gasteiger partial charge on any atom is -0.412 e. The normalized spacial score (nSPS) is 11.4. The minimum Gasteiger partial charge on any atom is -0.412 e. The summed E-state index contributed by atoms with van der Waals surface area (Å²) in [5.41, 5.74) is 0. The van der Waals surface area contributed by atoms with Gasteiger partial charge in [0, 0.05) is 12.5 Å². The first-order valence-electron chi connectivity index (χ1n) is 26.2. The molecule has 0 aliphatic carbocycles. The quantitative estimate of drug-likeness (QED) is 0.0472. The molecule has 0 amide bonds. The molecule has 0 aromatic carbocycles. The van der Waals surface area contributed by atoms with Crippen molar-refractivity contribution < 1.29 is 15.7 Å². The molecule has 4 N–H and O–H groups in total. The third-order valence-electron chi connectivity index (χ3n) is 11.7. The predicted octanol–water partition coefficient (Wildman–Crippen LogP) is 15.6. The fraction of sp³-hybridized carbons (Fsp3) is 1.00. The predicted molar refractivity (Wildman–Crippen MR) is 268 cm³/mol. The summed E-state index contributed by atoms with van der Waals surface area (Å²) in [6, 6.07) is 2.71. The smallest absolute Gasteiger partial charge is 0.412 e. The van der Waals surface area contributed by atoms with Gasteiger partial charge in [-0.3, -0.25) is 0 Å². The topological polar surface area (TPSA) is 72.0 Å². The summed E-state index contributed by atoms with van der Waals surface area (Å²) in [4.78, 5) is 0. The van der Waals surface area contributed by atoms with Crippen LogP contribution in [-0.4, -0.2) is 66.9 Å². The third-order valence-corrected chi connectivity index (χ3v) is 23.4. The Morgan fingerprint density at radius 2 is 0.446 bits per heavy atom. The first kappa shape index (κ1) is 63.7. The zero-order valence-corrected chi connectivity index (χ0v) is 45.8. The van der Waals surface area contributed by atoms with Crippen molar-refractivity contribution in [2.75, 3.05) is 12.5 Å². The van der Waals surface area contributed by atoms with Crippen LogP contribution < -0.4 is 0 Å². The first-order chi connectivity index (χ1) is 27.2. The van der Waals surface area contributed by atoms with Gasteiger partial charge in [-0.1, -0.05) is 231 Å².